The molecule has 0 fully saturated rings. The lowest BCUT2D eigenvalue weighted by atomic mass is 10.1. The highest BCUT2D eigenvalue weighted by molar-refractivity contribution is 7.99. The Kier molecular flexibility index (Phi) is 4.80. The van der Waals surface area contributed by atoms with Crippen LogP contribution in [0.25, 0.3) is 0 Å². The first-order valence-corrected chi connectivity index (χ1v) is 7.73. The van der Waals surface area contributed by atoms with E-state index < -0.39 is 0 Å². The summed E-state index contributed by atoms with van der Waals surface area (Å²) in [5.41, 5.74) is 7.35. The Balaban J connectivity index is 2.24. The largest absolute Gasteiger partial charge is 0.326 e. The van der Waals surface area contributed by atoms with Gasteiger partial charge in [-0.1, -0.05) is 19.1 Å². The zero-order chi connectivity index (χ0) is 13.0. The van der Waals surface area contributed by atoms with Gasteiger partial charge in [-0.3, -0.25) is 0 Å². The van der Waals surface area contributed by atoms with Crippen LogP contribution < -0.4 is 5.73 Å². The Morgan fingerprint density at radius 2 is 2.11 bits per heavy atom. The first-order valence-electron chi connectivity index (χ1n) is 5.91. The van der Waals surface area contributed by atoms with Crippen LogP contribution in [0.5, 0.6) is 0 Å². The number of thiophene rings is 1. The standard InChI is InChI=1S/C14H16FNS2/c1-2-12(16)14(10-7-8-17-9-10)18-13-6-4-3-5-11(13)15/h3-9,12,14H,2,16H2,1H3. The van der Waals surface area contributed by atoms with Crippen molar-refractivity contribution in [1.82, 2.24) is 0 Å². The maximum atomic E-state index is 13.7. The van der Waals surface area contributed by atoms with Crippen molar-refractivity contribution in [2.24, 2.45) is 5.73 Å². The number of nitrogens with two attached hydrogens (primary N) is 1. The van der Waals surface area contributed by atoms with Crippen molar-refractivity contribution in [1.29, 1.82) is 0 Å². The normalized spacial score (nSPS) is 14.4. The molecule has 0 aliphatic carbocycles. The molecule has 4 heteroatoms. The number of halogens is 1. The van der Waals surface area contributed by atoms with Gasteiger partial charge in [-0.15, -0.1) is 11.8 Å². The van der Waals surface area contributed by atoms with Crippen LogP contribution in [0.1, 0.15) is 24.2 Å². The Bertz CT molecular complexity index is 484. The van der Waals surface area contributed by atoms with E-state index in [-0.39, 0.29) is 17.1 Å². The van der Waals surface area contributed by atoms with Gasteiger partial charge in [0.25, 0.3) is 0 Å². The Hall–Kier alpha value is -0.840. The van der Waals surface area contributed by atoms with Crippen molar-refractivity contribution in [2.45, 2.75) is 29.5 Å². The molecule has 2 aromatic rings. The number of hydrogen-bond donors (Lipinski definition) is 1. The van der Waals surface area contributed by atoms with E-state index in [0.29, 0.717) is 4.90 Å². The molecule has 0 radical (unpaired) electrons. The molecule has 2 atom stereocenters. The van der Waals surface area contributed by atoms with Crippen LogP contribution in [0.3, 0.4) is 0 Å². The molecule has 1 aromatic heterocycles. The summed E-state index contributed by atoms with van der Waals surface area (Å²) in [5.74, 6) is -0.175. The molecule has 0 spiro atoms. The SMILES string of the molecule is CCC(N)C(Sc1ccccc1F)c1ccsc1. The van der Waals surface area contributed by atoms with E-state index in [9.17, 15) is 4.39 Å². The van der Waals surface area contributed by atoms with Crippen LogP contribution >= 0.6 is 23.1 Å². The average molecular weight is 281 g/mol. The van der Waals surface area contributed by atoms with E-state index in [1.54, 1.807) is 17.4 Å². The van der Waals surface area contributed by atoms with Gasteiger partial charge in [0, 0.05) is 10.9 Å². The summed E-state index contributed by atoms with van der Waals surface area (Å²) in [6.07, 6.45) is 0.877. The summed E-state index contributed by atoms with van der Waals surface area (Å²) in [7, 11) is 0. The van der Waals surface area contributed by atoms with Gasteiger partial charge in [-0.25, -0.2) is 4.39 Å². The fourth-order valence-corrected chi connectivity index (χ4v) is 3.77. The minimum Gasteiger partial charge on any atom is -0.326 e. The lowest BCUT2D eigenvalue weighted by Crippen LogP contribution is -2.25. The summed E-state index contributed by atoms with van der Waals surface area (Å²) in [6, 6.07) is 8.96. The van der Waals surface area contributed by atoms with Crippen molar-refractivity contribution in [3.05, 3.63) is 52.5 Å². The molecule has 18 heavy (non-hydrogen) atoms. The molecule has 96 valence electrons. The average Bonchev–Trinajstić information content (AvgIpc) is 2.90. The van der Waals surface area contributed by atoms with Gasteiger partial charge in [0.05, 0.1) is 5.25 Å². The quantitative estimate of drug-likeness (QED) is 0.819. The molecule has 2 unspecified atom stereocenters. The fraction of sp³-hybridized carbons (Fsp3) is 0.286. The number of hydrogen-bond acceptors (Lipinski definition) is 3. The van der Waals surface area contributed by atoms with E-state index >= 15 is 0 Å². The van der Waals surface area contributed by atoms with Crippen LogP contribution in [0.4, 0.5) is 4.39 Å². The van der Waals surface area contributed by atoms with Gasteiger partial charge in [0.2, 0.25) is 0 Å². The van der Waals surface area contributed by atoms with Crippen molar-refractivity contribution in [3.8, 4) is 0 Å². The predicted octanol–water partition coefficient (Wildman–Crippen LogP) is 4.46. The molecule has 0 saturated heterocycles. The fourth-order valence-electron chi connectivity index (χ4n) is 1.73. The van der Waals surface area contributed by atoms with E-state index in [4.69, 9.17) is 5.73 Å². The second-order valence-corrected chi connectivity index (χ2v) is 6.06. The second kappa shape index (κ2) is 6.36. The summed E-state index contributed by atoms with van der Waals surface area (Å²) in [5, 5.41) is 4.24. The minimum absolute atomic E-state index is 0.0317. The zero-order valence-electron chi connectivity index (χ0n) is 10.2. The highest BCUT2D eigenvalue weighted by Crippen LogP contribution is 2.39. The summed E-state index contributed by atoms with van der Waals surface area (Å²) < 4.78 is 13.7. The minimum atomic E-state index is -0.175. The monoisotopic (exact) mass is 281 g/mol. The smallest absolute Gasteiger partial charge is 0.136 e. The van der Waals surface area contributed by atoms with Gasteiger partial charge in [-0.05, 0) is 40.9 Å². The van der Waals surface area contributed by atoms with E-state index in [0.717, 1.165) is 6.42 Å². The van der Waals surface area contributed by atoms with E-state index in [1.807, 2.05) is 17.5 Å². The van der Waals surface area contributed by atoms with Gasteiger partial charge < -0.3 is 5.73 Å². The Labute approximate surface area is 115 Å². The molecule has 0 aliphatic rings. The first kappa shape index (κ1) is 13.6. The van der Waals surface area contributed by atoms with Crippen molar-refractivity contribution < 1.29 is 4.39 Å². The topological polar surface area (TPSA) is 26.0 Å². The van der Waals surface area contributed by atoms with Crippen molar-refractivity contribution in [2.75, 3.05) is 0 Å². The number of rotatable bonds is 5. The van der Waals surface area contributed by atoms with Crippen molar-refractivity contribution in [3.63, 3.8) is 0 Å². The zero-order valence-corrected chi connectivity index (χ0v) is 11.8. The maximum absolute atomic E-state index is 13.7. The third kappa shape index (κ3) is 3.13. The third-order valence-corrected chi connectivity index (χ3v) is 4.98. The van der Waals surface area contributed by atoms with Crippen LogP contribution in [0.2, 0.25) is 0 Å². The molecule has 1 heterocycles. The molecule has 0 bridgehead atoms. The van der Waals surface area contributed by atoms with Crippen molar-refractivity contribution >= 4 is 23.1 Å². The molecule has 1 nitrogen and oxygen atoms in total. The highest BCUT2D eigenvalue weighted by atomic mass is 32.2. The number of benzene rings is 1. The van der Waals surface area contributed by atoms with Crippen LogP contribution in [-0.2, 0) is 0 Å². The molecule has 2 rings (SSSR count). The van der Waals surface area contributed by atoms with Crippen LogP contribution in [0, 0.1) is 5.82 Å². The molecule has 0 saturated carbocycles. The van der Waals surface area contributed by atoms with E-state index in [2.05, 4.69) is 18.4 Å². The van der Waals surface area contributed by atoms with Gasteiger partial charge in [-0.2, -0.15) is 11.3 Å². The molecular formula is C14H16FNS2. The van der Waals surface area contributed by atoms with Crippen LogP contribution in [-0.4, -0.2) is 6.04 Å². The molecule has 2 N–H and O–H groups in total. The number of thioether (sulfide) groups is 1. The lowest BCUT2D eigenvalue weighted by molar-refractivity contribution is 0.597. The lowest BCUT2D eigenvalue weighted by Gasteiger charge is -2.22. The van der Waals surface area contributed by atoms with E-state index in [1.165, 1.54) is 23.4 Å². The highest BCUT2D eigenvalue weighted by Gasteiger charge is 2.21. The molecule has 1 aromatic carbocycles. The molecular weight excluding hydrogens is 265 g/mol. The summed E-state index contributed by atoms with van der Waals surface area (Å²) in [6.45, 7) is 2.06. The van der Waals surface area contributed by atoms with Gasteiger partial charge >= 0.3 is 0 Å². The predicted molar refractivity (Wildman–Crippen MR) is 77.6 cm³/mol. The van der Waals surface area contributed by atoms with Gasteiger partial charge in [0.1, 0.15) is 5.82 Å². The maximum Gasteiger partial charge on any atom is 0.136 e. The second-order valence-electron chi connectivity index (χ2n) is 4.10. The van der Waals surface area contributed by atoms with Crippen LogP contribution in [0.15, 0.2) is 46.0 Å². The first-order chi connectivity index (χ1) is 8.72. The molecule has 0 aliphatic heterocycles. The third-order valence-electron chi connectivity index (χ3n) is 2.82. The molecule has 0 amide bonds. The van der Waals surface area contributed by atoms with Gasteiger partial charge in [0.15, 0.2) is 0 Å². The summed E-state index contributed by atoms with van der Waals surface area (Å²) in [4.78, 5) is 0.664. The Morgan fingerprint density at radius 3 is 2.72 bits per heavy atom. The summed E-state index contributed by atoms with van der Waals surface area (Å²) >= 11 is 3.16. The Morgan fingerprint density at radius 1 is 1.33 bits per heavy atom.